The first-order chi connectivity index (χ1) is 8.58. The molecule has 2 aromatic carbocycles. The Morgan fingerprint density at radius 2 is 1.89 bits per heavy atom. The van der Waals surface area contributed by atoms with Crippen molar-refractivity contribution >= 4 is 23.0 Å². The van der Waals surface area contributed by atoms with Gasteiger partial charge in [-0.3, -0.25) is 0 Å². The van der Waals surface area contributed by atoms with Crippen molar-refractivity contribution in [1.29, 1.82) is 0 Å². The van der Waals surface area contributed by atoms with Gasteiger partial charge in [-0.05, 0) is 36.2 Å². The number of nitrogens with two attached hydrogens (primary N) is 1. The fraction of sp³-hybridized carbons (Fsp3) is 0.200. The Kier molecular flexibility index (Phi) is 3.78. The lowest BCUT2D eigenvalue weighted by Crippen LogP contribution is -2.17. The van der Waals surface area contributed by atoms with E-state index in [0.29, 0.717) is 0 Å². The van der Waals surface area contributed by atoms with Gasteiger partial charge in [-0.15, -0.1) is 0 Å². The number of nitrogen functional groups attached to an aromatic ring is 1. The molecule has 0 fully saturated rings. The molecule has 0 aromatic heterocycles. The Morgan fingerprint density at radius 1 is 1.17 bits per heavy atom. The molecule has 0 bridgehead atoms. The average Bonchev–Trinajstić information content (AvgIpc) is 2.35. The molecule has 0 amide bonds. The van der Waals surface area contributed by atoms with Crippen LogP contribution in [0.3, 0.4) is 0 Å². The summed E-state index contributed by atoms with van der Waals surface area (Å²) in [6.45, 7) is 2.85. The zero-order valence-corrected chi connectivity index (χ0v) is 11.4. The van der Waals surface area contributed by atoms with Crippen LogP contribution in [0.5, 0.6) is 0 Å². The summed E-state index contributed by atoms with van der Waals surface area (Å²) in [4.78, 5) is 2.16. The zero-order chi connectivity index (χ0) is 13.1. The third kappa shape index (κ3) is 2.77. The van der Waals surface area contributed by atoms with Gasteiger partial charge in [0.05, 0.1) is 0 Å². The second-order valence-electron chi connectivity index (χ2n) is 4.49. The van der Waals surface area contributed by atoms with Crippen molar-refractivity contribution in [3.63, 3.8) is 0 Å². The lowest BCUT2D eigenvalue weighted by Gasteiger charge is -2.22. The van der Waals surface area contributed by atoms with Crippen LogP contribution in [-0.4, -0.2) is 7.05 Å². The van der Waals surface area contributed by atoms with Crippen molar-refractivity contribution in [2.75, 3.05) is 17.7 Å². The van der Waals surface area contributed by atoms with Gasteiger partial charge in [0, 0.05) is 30.0 Å². The minimum absolute atomic E-state index is 0.768. The maximum absolute atomic E-state index is 6.18. The quantitative estimate of drug-likeness (QED) is 0.849. The molecule has 0 spiro atoms. The maximum Gasteiger partial charge on any atom is 0.0455 e. The molecule has 0 heterocycles. The Labute approximate surface area is 113 Å². The van der Waals surface area contributed by atoms with E-state index in [9.17, 15) is 0 Å². The van der Waals surface area contributed by atoms with Gasteiger partial charge in [-0.1, -0.05) is 35.9 Å². The molecular weight excluding hydrogens is 244 g/mol. The lowest BCUT2D eigenvalue weighted by molar-refractivity contribution is 0.918. The van der Waals surface area contributed by atoms with Crippen LogP contribution in [0.2, 0.25) is 5.02 Å². The molecule has 0 aliphatic heterocycles. The van der Waals surface area contributed by atoms with Crippen LogP contribution >= 0.6 is 11.6 Å². The van der Waals surface area contributed by atoms with Crippen molar-refractivity contribution in [2.24, 2.45) is 0 Å². The first-order valence-electron chi connectivity index (χ1n) is 5.88. The molecule has 0 atom stereocenters. The van der Waals surface area contributed by atoms with E-state index in [-0.39, 0.29) is 0 Å². The van der Waals surface area contributed by atoms with Gasteiger partial charge in [0.15, 0.2) is 0 Å². The van der Waals surface area contributed by atoms with Crippen LogP contribution in [0.4, 0.5) is 11.4 Å². The van der Waals surface area contributed by atoms with Crippen LogP contribution < -0.4 is 10.6 Å². The van der Waals surface area contributed by atoms with Crippen molar-refractivity contribution in [3.8, 4) is 0 Å². The molecule has 18 heavy (non-hydrogen) atoms. The highest BCUT2D eigenvalue weighted by molar-refractivity contribution is 6.31. The summed E-state index contributed by atoms with van der Waals surface area (Å²) >= 11 is 6.18. The Hall–Kier alpha value is -1.67. The molecule has 0 aliphatic rings. The summed E-state index contributed by atoms with van der Waals surface area (Å²) in [5, 5.41) is 0.797. The predicted molar refractivity (Wildman–Crippen MR) is 79.2 cm³/mol. The Balaban J connectivity index is 2.25. The van der Waals surface area contributed by atoms with Gasteiger partial charge >= 0.3 is 0 Å². The number of rotatable bonds is 3. The monoisotopic (exact) mass is 260 g/mol. The van der Waals surface area contributed by atoms with Crippen molar-refractivity contribution in [3.05, 3.63) is 58.6 Å². The molecule has 94 valence electrons. The summed E-state index contributed by atoms with van der Waals surface area (Å²) in [6.07, 6.45) is 0. The second kappa shape index (κ2) is 5.32. The van der Waals surface area contributed by atoms with Crippen LogP contribution in [0.1, 0.15) is 11.1 Å². The van der Waals surface area contributed by atoms with E-state index in [2.05, 4.69) is 11.8 Å². The largest absolute Gasteiger partial charge is 0.399 e. The smallest absolute Gasteiger partial charge is 0.0455 e. The van der Waals surface area contributed by atoms with Crippen molar-refractivity contribution in [1.82, 2.24) is 0 Å². The highest BCUT2D eigenvalue weighted by Gasteiger charge is 2.07. The van der Waals surface area contributed by atoms with Gasteiger partial charge in [-0.2, -0.15) is 0 Å². The van der Waals surface area contributed by atoms with E-state index >= 15 is 0 Å². The highest BCUT2D eigenvalue weighted by atomic mass is 35.5. The molecule has 0 unspecified atom stereocenters. The fourth-order valence-electron chi connectivity index (χ4n) is 2.00. The Bertz CT molecular complexity index is 552. The molecule has 3 heteroatoms. The summed E-state index contributed by atoms with van der Waals surface area (Å²) < 4.78 is 0. The van der Waals surface area contributed by atoms with Gasteiger partial charge in [0.2, 0.25) is 0 Å². The van der Waals surface area contributed by atoms with Crippen molar-refractivity contribution in [2.45, 2.75) is 13.5 Å². The molecular formula is C15H17ClN2. The van der Waals surface area contributed by atoms with Crippen LogP contribution in [-0.2, 0) is 6.54 Å². The average molecular weight is 261 g/mol. The molecule has 0 aliphatic carbocycles. The number of nitrogens with zero attached hydrogens (tertiary/aromatic N) is 1. The third-order valence-electron chi connectivity index (χ3n) is 3.01. The van der Waals surface area contributed by atoms with E-state index < -0.39 is 0 Å². The number of benzene rings is 2. The molecule has 0 radical (unpaired) electrons. The van der Waals surface area contributed by atoms with E-state index in [4.69, 9.17) is 17.3 Å². The van der Waals surface area contributed by atoms with E-state index in [1.54, 1.807) is 0 Å². The maximum atomic E-state index is 6.18. The molecule has 0 saturated heterocycles. The topological polar surface area (TPSA) is 29.3 Å². The normalized spacial score (nSPS) is 10.4. The molecule has 0 saturated carbocycles. The van der Waals surface area contributed by atoms with Crippen molar-refractivity contribution < 1.29 is 0 Å². The molecule has 2 nitrogen and oxygen atoms in total. The van der Waals surface area contributed by atoms with E-state index in [1.165, 1.54) is 5.56 Å². The first-order valence-corrected chi connectivity index (χ1v) is 6.26. The summed E-state index contributed by atoms with van der Waals surface area (Å²) in [7, 11) is 2.05. The number of hydrogen-bond donors (Lipinski definition) is 1. The SMILES string of the molecule is Cc1ccc(N)cc1N(C)Cc1ccccc1Cl. The molecule has 2 rings (SSSR count). The lowest BCUT2D eigenvalue weighted by atomic mass is 10.1. The zero-order valence-electron chi connectivity index (χ0n) is 10.7. The van der Waals surface area contributed by atoms with Gasteiger partial charge in [0.1, 0.15) is 0 Å². The van der Waals surface area contributed by atoms with E-state index in [1.807, 2.05) is 49.5 Å². The summed E-state index contributed by atoms with van der Waals surface area (Å²) in [5.41, 5.74) is 10.1. The predicted octanol–water partition coefficient (Wildman–Crippen LogP) is 3.87. The van der Waals surface area contributed by atoms with Gasteiger partial charge in [-0.25, -0.2) is 0 Å². The Morgan fingerprint density at radius 3 is 2.61 bits per heavy atom. The minimum atomic E-state index is 0.768. The number of aryl methyl sites for hydroxylation is 1. The van der Waals surface area contributed by atoms with Gasteiger partial charge in [0.25, 0.3) is 0 Å². The molecule has 2 aromatic rings. The first kappa shape index (κ1) is 12.8. The van der Waals surface area contributed by atoms with E-state index in [0.717, 1.165) is 28.5 Å². The summed E-state index contributed by atoms with van der Waals surface area (Å²) in [5.74, 6) is 0. The number of hydrogen-bond acceptors (Lipinski definition) is 2. The highest BCUT2D eigenvalue weighted by Crippen LogP contribution is 2.25. The number of halogens is 1. The molecule has 2 N–H and O–H groups in total. The number of anilines is 2. The van der Waals surface area contributed by atoms with Crippen LogP contribution in [0.25, 0.3) is 0 Å². The van der Waals surface area contributed by atoms with Gasteiger partial charge < -0.3 is 10.6 Å². The standard InChI is InChI=1S/C15H17ClN2/c1-11-7-8-13(17)9-15(11)18(2)10-12-5-3-4-6-14(12)16/h3-9H,10,17H2,1-2H3. The minimum Gasteiger partial charge on any atom is -0.399 e. The fourth-order valence-corrected chi connectivity index (χ4v) is 2.20. The summed E-state index contributed by atoms with van der Waals surface area (Å²) in [6, 6.07) is 13.8. The van der Waals surface area contributed by atoms with Crippen LogP contribution in [0.15, 0.2) is 42.5 Å². The van der Waals surface area contributed by atoms with Crippen LogP contribution in [0, 0.1) is 6.92 Å². The third-order valence-corrected chi connectivity index (χ3v) is 3.38. The second-order valence-corrected chi connectivity index (χ2v) is 4.90.